The van der Waals surface area contributed by atoms with Crippen molar-refractivity contribution in [2.75, 3.05) is 6.61 Å². The minimum absolute atomic E-state index is 0.0220. The number of nitrogens with one attached hydrogen (secondary N) is 1. The van der Waals surface area contributed by atoms with Crippen molar-refractivity contribution in [3.8, 4) is 11.8 Å². The number of halogens is 1. The van der Waals surface area contributed by atoms with E-state index in [4.69, 9.17) is 10.00 Å². The fourth-order valence-corrected chi connectivity index (χ4v) is 2.68. The topological polar surface area (TPSA) is 62.1 Å². The summed E-state index contributed by atoms with van der Waals surface area (Å²) in [7, 11) is 0. The smallest absolute Gasteiger partial charge is 0.220 e. The van der Waals surface area contributed by atoms with Crippen LogP contribution in [0.15, 0.2) is 53.0 Å². The number of hydrogen-bond acceptors (Lipinski definition) is 3. The van der Waals surface area contributed by atoms with E-state index in [0.717, 1.165) is 29.3 Å². The molecule has 0 fully saturated rings. The highest BCUT2D eigenvalue weighted by atomic mass is 79.9. The SMILES string of the molecule is N#CCOc1cccc(CNC(=O)CCCCc2ccc(Br)cc2)c1. The summed E-state index contributed by atoms with van der Waals surface area (Å²) in [4.78, 5) is 11.9. The van der Waals surface area contributed by atoms with E-state index in [2.05, 4.69) is 33.4 Å². The number of amides is 1. The fraction of sp³-hybridized carbons (Fsp3) is 0.300. The van der Waals surface area contributed by atoms with Gasteiger partial charge in [-0.1, -0.05) is 40.2 Å². The molecule has 1 amide bonds. The Labute approximate surface area is 156 Å². The maximum atomic E-state index is 11.9. The molecule has 0 aromatic heterocycles. The molecule has 25 heavy (non-hydrogen) atoms. The Morgan fingerprint density at radius 1 is 1.12 bits per heavy atom. The monoisotopic (exact) mass is 400 g/mol. The molecule has 0 bridgehead atoms. The molecular weight excluding hydrogens is 380 g/mol. The second kappa shape index (κ2) is 10.5. The largest absolute Gasteiger partial charge is 0.479 e. The zero-order valence-electron chi connectivity index (χ0n) is 14.0. The fourth-order valence-electron chi connectivity index (χ4n) is 2.42. The number of nitriles is 1. The van der Waals surface area contributed by atoms with Crippen LogP contribution in [0.4, 0.5) is 0 Å². The first-order valence-corrected chi connectivity index (χ1v) is 9.06. The maximum absolute atomic E-state index is 11.9. The lowest BCUT2D eigenvalue weighted by Crippen LogP contribution is -2.22. The van der Waals surface area contributed by atoms with Crippen molar-refractivity contribution in [1.82, 2.24) is 5.32 Å². The average Bonchev–Trinajstić information content (AvgIpc) is 2.63. The number of rotatable bonds is 9. The summed E-state index contributed by atoms with van der Waals surface area (Å²) in [6.07, 6.45) is 3.37. The summed E-state index contributed by atoms with van der Waals surface area (Å²) >= 11 is 3.42. The van der Waals surface area contributed by atoms with E-state index in [-0.39, 0.29) is 12.5 Å². The Bertz CT molecular complexity index is 723. The van der Waals surface area contributed by atoms with Crippen LogP contribution in [0.25, 0.3) is 0 Å². The Morgan fingerprint density at radius 3 is 2.68 bits per heavy atom. The molecule has 4 nitrogen and oxygen atoms in total. The first kappa shape index (κ1) is 19.0. The molecule has 0 aliphatic carbocycles. The van der Waals surface area contributed by atoms with Crippen molar-refractivity contribution in [2.24, 2.45) is 0 Å². The van der Waals surface area contributed by atoms with E-state index < -0.39 is 0 Å². The molecule has 5 heteroatoms. The van der Waals surface area contributed by atoms with Crippen LogP contribution in [0.3, 0.4) is 0 Å². The minimum atomic E-state index is 0.0220. The van der Waals surface area contributed by atoms with Gasteiger partial charge in [-0.2, -0.15) is 5.26 Å². The Morgan fingerprint density at radius 2 is 1.92 bits per heavy atom. The van der Waals surface area contributed by atoms with Crippen LogP contribution in [0.2, 0.25) is 0 Å². The molecule has 0 spiro atoms. The van der Waals surface area contributed by atoms with Gasteiger partial charge >= 0.3 is 0 Å². The predicted octanol–water partition coefficient (Wildman–Crippen LogP) is 4.38. The number of hydrogen-bond donors (Lipinski definition) is 1. The van der Waals surface area contributed by atoms with E-state index in [1.54, 1.807) is 6.07 Å². The van der Waals surface area contributed by atoms with E-state index in [1.807, 2.05) is 36.4 Å². The van der Waals surface area contributed by atoms with E-state index in [9.17, 15) is 4.79 Å². The van der Waals surface area contributed by atoms with Crippen LogP contribution in [-0.2, 0) is 17.8 Å². The zero-order valence-corrected chi connectivity index (χ0v) is 15.6. The third kappa shape index (κ3) is 7.40. The number of ether oxygens (including phenoxy) is 1. The van der Waals surface area contributed by atoms with Gasteiger partial charge in [0.25, 0.3) is 0 Å². The second-order valence-corrected chi connectivity index (χ2v) is 6.62. The molecule has 130 valence electrons. The molecule has 2 aromatic carbocycles. The van der Waals surface area contributed by atoms with Crippen LogP contribution in [0, 0.1) is 11.3 Å². The number of benzene rings is 2. The van der Waals surface area contributed by atoms with Gasteiger partial charge in [-0.25, -0.2) is 0 Å². The van der Waals surface area contributed by atoms with Gasteiger partial charge < -0.3 is 10.1 Å². The highest BCUT2D eigenvalue weighted by Crippen LogP contribution is 2.14. The highest BCUT2D eigenvalue weighted by Gasteiger charge is 2.03. The number of unbranched alkanes of at least 4 members (excludes halogenated alkanes) is 1. The van der Waals surface area contributed by atoms with Gasteiger partial charge in [0, 0.05) is 17.4 Å². The normalized spacial score (nSPS) is 10.1. The first-order valence-electron chi connectivity index (χ1n) is 8.27. The summed E-state index contributed by atoms with van der Waals surface area (Å²) in [6, 6.07) is 17.6. The average molecular weight is 401 g/mol. The van der Waals surface area contributed by atoms with Crippen LogP contribution < -0.4 is 10.1 Å². The van der Waals surface area contributed by atoms with Crippen molar-refractivity contribution < 1.29 is 9.53 Å². The Kier molecular flexibility index (Phi) is 8.00. The molecule has 0 saturated heterocycles. The third-order valence-electron chi connectivity index (χ3n) is 3.72. The molecule has 0 atom stereocenters. The third-order valence-corrected chi connectivity index (χ3v) is 4.25. The van der Waals surface area contributed by atoms with E-state index in [1.165, 1.54) is 5.56 Å². The van der Waals surface area contributed by atoms with Gasteiger partial charge in [0.15, 0.2) is 6.61 Å². The lowest BCUT2D eigenvalue weighted by Gasteiger charge is -2.07. The first-order chi connectivity index (χ1) is 12.2. The highest BCUT2D eigenvalue weighted by molar-refractivity contribution is 9.10. The minimum Gasteiger partial charge on any atom is -0.479 e. The zero-order chi connectivity index (χ0) is 17.9. The lowest BCUT2D eigenvalue weighted by atomic mass is 10.1. The summed E-state index contributed by atoms with van der Waals surface area (Å²) < 4.78 is 6.34. The number of aryl methyl sites for hydroxylation is 1. The van der Waals surface area contributed by atoms with E-state index in [0.29, 0.717) is 18.7 Å². The van der Waals surface area contributed by atoms with Crippen LogP contribution in [0.5, 0.6) is 5.75 Å². The molecule has 0 unspecified atom stereocenters. The van der Waals surface area contributed by atoms with Crippen LogP contribution >= 0.6 is 15.9 Å². The number of carbonyl (C=O) groups excluding carboxylic acids is 1. The molecule has 2 rings (SSSR count). The van der Waals surface area contributed by atoms with Crippen molar-refractivity contribution in [1.29, 1.82) is 5.26 Å². The Hall–Kier alpha value is -2.32. The molecule has 0 radical (unpaired) electrons. The number of carbonyl (C=O) groups is 1. The molecule has 0 saturated carbocycles. The van der Waals surface area contributed by atoms with Gasteiger partial charge in [-0.3, -0.25) is 4.79 Å². The molecule has 2 aromatic rings. The molecule has 0 heterocycles. The second-order valence-electron chi connectivity index (χ2n) is 5.70. The summed E-state index contributed by atoms with van der Waals surface area (Å²) in [5.74, 6) is 0.696. The quantitative estimate of drug-likeness (QED) is 0.635. The van der Waals surface area contributed by atoms with Crippen LogP contribution in [-0.4, -0.2) is 12.5 Å². The predicted molar refractivity (Wildman–Crippen MR) is 101 cm³/mol. The van der Waals surface area contributed by atoms with Gasteiger partial charge in [-0.15, -0.1) is 0 Å². The lowest BCUT2D eigenvalue weighted by molar-refractivity contribution is -0.121. The molecular formula is C20H21BrN2O2. The van der Waals surface area contributed by atoms with Crippen molar-refractivity contribution in [3.05, 3.63) is 64.1 Å². The molecule has 0 aliphatic heterocycles. The van der Waals surface area contributed by atoms with Gasteiger partial charge in [-0.05, 0) is 54.7 Å². The van der Waals surface area contributed by atoms with Gasteiger partial charge in [0.05, 0.1) is 0 Å². The van der Waals surface area contributed by atoms with Crippen molar-refractivity contribution >= 4 is 21.8 Å². The summed E-state index contributed by atoms with van der Waals surface area (Å²) in [5, 5.41) is 11.4. The standard InChI is InChI=1S/C20H21BrN2O2/c21-18-10-8-16(9-11-18)4-1-2-7-20(24)23-15-17-5-3-6-19(14-17)25-13-12-22/h3,5-6,8-11,14H,1-2,4,7,13,15H2,(H,23,24). The summed E-state index contributed by atoms with van der Waals surface area (Å²) in [6.45, 7) is 0.490. The van der Waals surface area contributed by atoms with Gasteiger partial charge in [0.2, 0.25) is 5.91 Å². The maximum Gasteiger partial charge on any atom is 0.220 e. The van der Waals surface area contributed by atoms with Crippen molar-refractivity contribution in [2.45, 2.75) is 32.2 Å². The summed E-state index contributed by atoms with van der Waals surface area (Å²) in [5.41, 5.74) is 2.25. The van der Waals surface area contributed by atoms with Gasteiger partial charge in [0.1, 0.15) is 11.8 Å². The van der Waals surface area contributed by atoms with E-state index >= 15 is 0 Å². The Balaban J connectivity index is 1.65. The molecule has 0 aliphatic rings. The molecule has 1 N–H and O–H groups in total. The van der Waals surface area contributed by atoms with Crippen molar-refractivity contribution in [3.63, 3.8) is 0 Å². The van der Waals surface area contributed by atoms with Crippen LogP contribution in [0.1, 0.15) is 30.4 Å². The number of nitrogens with zero attached hydrogens (tertiary/aromatic N) is 1.